The molecule has 2 unspecified atom stereocenters. The van der Waals surface area contributed by atoms with Crippen LogP contribution in [-0.2, 0) is 4.74 Å². The van der Waals surface area contributed by atoms with Crippen molar-refractivity contribution in [3.05, 3.63) is 0 Å². The Hall–Kier alpha value is -0.0800. The van der Waals surface area contributed by atoms with Crippen molar-refractivity contribution in [2.24, 2.45) is 11.8 Å². The summed E-state index contributed by atoms with van der Waals surface area (Å²) in [6, 6.07) is 0. The molecule has 1 rings (SSSR count). The maximum Gasteiger partial charge on any atom is 0.0859 e. The second-order valence-electron chi connectivity index (χ2n) is 4.35. The molecule has 1 aliphatic carbocycles. The fourth-order valence-electron chi connectivity index (χ4n) is 1.93. The normalized spacial score (nSPS) is 22.8. The van der Waals surface area contributed by atoms with Gasteiger partial charge in [0.15, 0.2) is 0 Å². The number of hydrogen-bond donors (Lipinski definition) is 1. The highest BCUT2D eigenvalue weighted by atomic mass is 16.5. The number of hydrogen-bond acceptors (Lipinski definition) is 2. The first-order chi connectivity index (χ1) is 6.16. The fourth-order valence-corrected chi connectivity index (χ4v) is 1.93. The number of aliphatic hydroxyl groups excluding tert-OH is 1. The van der Waals surface area contributed by atoms with Gasteiger partial charge in [0.1, 0.15) is 0 Å². The summed E-state index contributed by atoms with van der Waals surface area (Å²) < 4.78 is 5.57. The van der Waals surface area contributed by atoms with Crippen molar-refractivity contribution in [2.45, 2.75) is 52.2 Å². The van der Waals surface area contributed by atoms with Crippen LogP contribution >= 0.6 is 0 Å². The van der Waals surface area contributed by atoms with Crippen LogP contribution in [0.15, 0.2) is 0 Å². The summed E-state index contributed by atoms with van der Waals surface area (Å²) in [5.41, 5.74) is 0. The summed E-state index contributed by atoms with van der Waals surface area (Å²) in [5.74, 6) is 0.912. The molecule has 0 saturated heterocycles. The maximum absolute atomic E-state index is 10.0. The van der Waals surface area contributed by atoms with Crippen molar-refractivity contribution in [3.63, 3.8) is 0 Å². The molecule has 1 N–H and O–H groups in total. The van der Waals surface area contributed by atoms with Gasteiger partial charge in [0.05, 0.1) is 12.2 Å². The topological polar surface area (TPSA) is 29.5 Å². The third-order valence-electron chi connectivity index (χ3n) is 2.99. The molecule has 1 fully saturated rings. The van der Waals surface area contributed by atoms with Gasteiger partial charge in [0.25, 0.3) is 0 Å². The fraction of sp³-hybridized carbons (Fsp3) is 1.00. The minimum Gasteiger partial charge on any atom is -0.390 e. The molecule has 1 aliphatic rings. The second kappa shape index (κ2) is 4.97. The molecule has 0 radical (unpaired) electrons. The van der Waals surface area contributed by atoms with E-state index in [2.05, 4.69) is 13.8 Å². The Morgan fingerprint density at radius 3 is 2.31 bits per heavy atom. The molecular formula is C11H22O2. The molecule has 0 aliphatic heterocycles. The van der Waals surface area contributed by atoms with Crippen molar-refractivity contribution in [3.8, 4) is 0 Å². The first kappa shape index (κ1) is 11.0. The van der Waals surface area contributed by atoms with E-state index in [-0.39, 0.29) is 12.2 Å². The summed E-state index contributed by atoms with van der Waals surface area (Å²) in [5, 5.41) is 10.0. The van der Waals surface area contributed by atoms with Crippen molar-refractivity contribution in [1.29, 1.82) is 0 Å². The molecule has 0 aromatic rings. The van der Waals surface area contributed by atoms with E-state index < -0.39 is 0 Å². The Morgan fingerprint density at radius 1 is 1.38 bits per heavy atom. The van der Waals surface area contributed by atoms with E-state index in [1.165, 1.54) is 19.3 Å². The van der Waals surface area contributed by atoms with E-state index in [0.29, 0.717) is 18.4 Å². The van der Waals surface area contributed by atoms with Gasteiger partial charge in [-0.3, -0.25) is 0 Å². The van der Waals surface area contributed by atoms with E-state index in [0.717, 1.165) is 0 Å². The second-order valence-corrected chi connectivity index (χ2v) is 4.35. The van der Waals surface area contributed by atoms with Crippen LogP contribution in [0.1, 0.15) is 40.0 Å². The van der Waals surface area contributed by atoms with Crippen LogP contribution < -0.4 is 0 Å². The van der Waals surface area contributed by atoms with Gasteiger partial charge in [-0.25, -0.2) is 0 Å². The molecular weight excluding hydrogens is 164 g/mol. The van der Waals surface area contributed by atoms with Crippen molar-refractivity contribution in [2.75, 3.05) is 6.61 Å². The molecule has 0 aromatic carbocycles. The average molecular weight is 186 g/mol. The minimum absolute atomic E-state index is 0.0373. The van der Waals surface area contributed by atoms with Crippen LogP contribution in [0.2, 0.25) is 0 Å². The van der Waals surface area contributed by atoms with Crippen LogP contribution in [0.25, 0.3) is 0 Å². The summed E-state index contributed by atoms with van der Waals surface area (Å²) in [4.78, 5) is 0. The Kier molecular flexibility index (Phi) is 4.20. The highest BCUT2D eigenvalue weighted by Crippen LogP contribution is 2.33. The Morgan fingerprint density at radius 2 is 2.00 bits per heavy atom. The summed E-state index contributed by atoms with van der Waals surface area (Å²) in [7, 11) is 0. The zero-order valence-corrected chi connectivity index (χ0v) is 8.99. The molecule has 2 heteroatoms. The predicted octanol–water partition coefficient (Wildman–Crippen LogP) is 2.21. The van der Waals surface area contributed by atoms with Gasteiger partial charge in [-0.15, -0.1) is 0 Å². The predicted molar refractivity (Wildman–Crippen MR) is 53.6 cm³/mol. The first-order valence-electron chi connectivity index (χ1n) is 5.46. The van der Waals surface area contributed by atoms with E-state index in [1.54, 1.807) is 0 Å². The quantitative estimate of drug-likeness (QED) is 0.713. The zero-order chi connectivity index (χ0) is 9.84. The number of rotatable bonds is 5. The van der Waals surface area contributed by atoms with Gasteiger partial charge in [0.2, 0.25) is 0 Å². The van der Waals surface area contributed by atoms with Crippen molar-refractivity contribution in [1.82, 2.24) is 0 Å². The Bertz CT molecular complexity index is 141. The van der Waals surface area contributed by atoms with Gasteiger partial charge in [-0.1, -0.05) is 20.3 Å². The number of ether oxygens (including phenoxy) is 1. The van der Waals surface area contributed by atoms with E-state index >= 15 is 0 Å². The third-order valence-corrected chi connectivity index (χ3v) is 2.99. The lowest BCUT2D eigenvalue weighted by Gasteiger charge is -2.36. The molecule has 0 amide bonds. The van der Waals surface area contributed by atoms with Gasteiger partial charge in [-0.2, -0.15) is 0 Å². The van der Waals surface area contributed by atoms with Gasteiger partial charge >= 0.3 is 0 Å². The molecule has 13 heavy (non-hydrogen) atoms. The maximum atomic E-state index is 10.0. The average Bonchev–Trinajstić information content (AvgIpc) is 1.95. The van der Waals surface area contributed by atoms with Crippen LogP contribution in [0.3, 0.4) is 0 Å². The zero-order valence-electron chi connectivity index (χ0n) is 8.99. The summed E-state index contributed by atoms with van der Waals surface area (Å²) in [6.07, 6.45) is 3.43. The van der Waals surface area contributed by atoms with Crippen LogP contribution in [0.5, 0.6) is 0 Å². The van der Waals surface area contributed by atoms with E-state index in [1.807, 2.05) is 6.92 Å². The highest BCUT2D eigenvalue weighted by Gasteiger charge is 2.33. The SMILES string of the molecule is CCOC(C(C)C)C(O)C1CCC1. The van der Waals surface area contributed by atoms with E-state index in [9.17, 15) is 5.11 Å². The highest BCUT2D eigenvalue weighted by molar-refractivity contribution is 4.84. The third kappa shape index (κ3) is 2.68. The van der Waals surface area contributed by atoms with Gasteiger partial charge in [-0.05, 0) is 31.6 Å². The molecule has 0 spiro atoms. The standard InChI is InChI=1S/C11H22O2/c1-4-13-11(8(2)3)10(12)9-6-5-7-9/h8-12H,4-7H2,1-3H3. The Labute approximate surface area is 81.3 Å². The molecule has 78 valence electrons. The molecule has 2 nitrogen and oxygen atoms in total. The van der Waals surface area contributed by atoms with Gasteiger partial charge < -0.3 is 9.84 Å². The molecule has 2 atom stereocenters. The smallest absolute Gasteiger partial charge is 0.0859 e. The monoisotopic (exact) mass is 186 g/mol. The number of aliphatic hydroxyl groups is 1. The van der Waals surface area contributed by atoms with Crippen molar-refractivity contribution < 1.29 is 9.84 Å². The lowest BCUT2D eigenvalue weighted by Crippen LogP contribution is -2.41. The lowest BCUT2D eigenvalue weighted by molar-refractivity contribution is -0.0934. The largest absolute Gasteiger partial charge is 0.390 e. The molecule has 0 heterocycles. The lowest BCUT2D eigenvalue weighted by atomic mass is 9.77. The first-order valence-corrected chi connectivity index (χ1v) is 5.46. The van der Waals surface area contributed by atoms with Crippen LogP contribution in [0, 0.1) is 11.8 Å². The van der Waals surface area contributed by atoms with Crippen molar-refractivity contribution >= 4 is 0 Å². The Balaban J connectivity index is 2.41. The van der Waals surface area contributed by atoms with Crippen LogP contribution in [0.4, 0.5) is 0 Å². The van der Waals surface area contributed by atoms with Gasteiger partial charge in [0, 0.05) is 6.61 Å². The van der Waals surface area contributed by atoms with E-state index in [4.69, 9.17) is 4.74 Å². The van der Waals surface area contributed by atoms with Crippen LogP contribution in [-0.4, -0.2) is 23.9 Å². The molecule has 1 saturated carbocycles. The molecule has 0 bridgehead atoms. The molecule has 0 aromatic heterocycles. The minimum atomic E-state index is -0.242. The summed E-state index contributed by atoms with van der Waals surface area (Å²) >= 11 is 0. The summed E-state index contributed by atoms with van der Waals surface area (Å²) in [6.45, 7) is 6.92.